The summed E-state index contributed by atoms with van der Waals surface area (Å²) in [5, 5.41) is 9.00. The largest absolute Gasteiger partial charge is 0.481 e. The number of carbonyl (C=O) groups excluding carboxylic acids is 4. The van der Waals surface area contributed by atoms with E-state index >= 15 is 0 Å². The van der Waals surface area contributed by atoms with Crippen LogP contribution in [0.4, 0.5) is 0 Å². The van der Waals surface area contributed by atoms with Crippen LogP contribution in [0.2, 0.25) is 0 Å². The summed E-state index contributed by atoms with van der Waals surface area (Å²) in [7, 11) is 0. The molecule has 3 rings (SSSR count). The van der Waals surface area contributed by atoms with Gasteiger partial charge in [-0.25, -0.2) is 4.90 Å². The van der Waals surface area contributed by atoms with Gasteiger partial charge in [0.15, 0.2) is 0 Å². The number of hydrogen-bond acceptors (Lipinski definition) is 5. The molecule has 1 saturated heterocycles. The molecule has 8 nitrogen and oxygen atoms in total. The molecule has 1 saturated carbocycles. The van der Waals surface area contributed by atoms with Gasteiger partial charge in [-0.1, -0.05) is 0 Å². The van der Waals surface area contributed by atoms with Gasteiger partial charge in [0.05, 0.1) is 5.92 Å². The number of carbonyl (C=O) groups is 5. The van der Waals surface area contributed by atoms with Crippen LogP contribution in [0, 0.1) is 11.8 Å². The summed E-state index contributed by atoms with van der Waals surface area (Å²) in [6, 6.07) is 0. The first-order valence-corrected chi connectivity index (χ1v) is 8.04. The zero-order valence-corrected chi connectivity index (χ0v) is 13.1. The number of carboxylic acids is 1. The van der Waals surface area contributed by atoms with Crippen LogP contribution in [0.15, 0.2) is 11.8 Å². The smallest absolute Gasteiger partial charge is 0.306 e. The highest BCUT2D eigenvalue weighted by molar-refractivity contribution is 6.20. The highest BCUT2D eigenvalue weighted by atomic mass is 16.4. The topological polar surface area (TPSA) is 112 Å². The van der Waals surface area contributed by atoms with Crippen LogP contribution in [0.1, 0.15) is 38.5 Å². The molecule has 0 spiro atoms. The van der Waals surface area contributed by atoms with Gasteiger partial charge < -0.3 is 5.11 Å². The first kappa shape index (κ1) is 16.4. The molecule has 2 fully saturated rings. The second kappa shape index (κ2) is 6.18. The Morgan fingerprint density at radius 2 is 1.62 bits per heavy atom. The Morgan fingerprint density at radius 1 is 1.04 bits per heavy atom. The minimum absolute atomic E-state index is 0.0474. The zero-order chi connectivity index (χ0) is 17.4. The number of hydrogen-bond donors (Lipinski definition) is 1. The molecule has 0 aromatic heterocycles. The third-order valence-corrected chi connectivity index (χ3v) is 4.92. The number of nitrogens with zero attached hydrogens (tertiary/aromatic N) is 2. The number of likely N-dealkylation sites (tertiary alicyclic amines) is 1. The number of imide groups is 2. The standard InChI is InChI=1S/C16H18N2O6/c19-12-5-6-13(20)18(12)11-7-14(21)17(15(11)22)8-9-1-3-10(4-2-9)16(23)24/h7,9-10H,1-6,8H2,(H,23,24). The molecule has 2 heterocycles. The van der Waals surface area contributed by atoms with E-state index in [4.69, 9.17) is 5.11 Å². The van der Waals surface area contributed by atoms with Gasteiger partial charge in [0.1, 0.15) is 5.70 Å². The average Bonchev–Trinajstić information content (AvgIpc) is 3.01. The number of amides is 4. The molecule has 128 valence electrons. The van der Waals surface area contributed by atoms with E-state index in [1.807, 2.05) is 0 Å². The second-order valence-corrected chi connectivity index (χ2v) is 6.46. The van der Waals surface area contributed by atoms with Gasteiger partial charge in [-0.2, -0.15) is 0 Å². The van der Waals surface area contributed by atoms with E-state index in [9.17, 15) is 24.0 Å². The molecule has 2 aliphatic heterocycles. The van der Waals surface area contributed by atoms with Crippen LogP contribution in [0.25, 0.3) is 0 Å². The lowest BCUT2D eigenvalue weighted by Gasteiger charge is -2.29. The Balaban J connectivity index is 1.64. The summed E-state index contributed by atoms with van der Waals surface area (Å²) in [6.45, 7) is 0.195. The van der Waals surface area contributed by atoms with E-state index in [1.54, 1.807) is 0 Å². The van der Waals surface area contributed by atoms with E-state index < -0.39 is 29.6 Å². The van der Waals surface area contributed by atoms with Crippen LogP contribution in [0.5, 0.6) is 0 Å². The average molecular weight is 334 g/mol. The lowest BCUT2D eigenvalue weighted by molar-refractivity contribution is -0.145. The van der Waals surface area contributed by atoms with Crippen molar-refractivity contribution >= 4 is 29.6 Å². The van der Waals surface area contributed by atoms with Crippen LogP contribution in [-0.4, -0.2) is 51.0 Å². The minimum Gasteiger partial charge on any atom is -0.481 e. The molecule has 8 heteroatoms. The number of rotatable bonds is 4. The number of aliphatic carboxylic acids is 1. The quantitative estimate of drug-likeness (QED) is 0.739. The van der Waals surface area contributed by atoms with Crippen LogP contribution in [-0.2, 0) is 24.0 Å². The molecule has 0 radical (unpaired) electrons. The van der Waals surface area contributed by atoms with Crippen molar-refractivity contribution in [3.63, 3.8) is 0 Å². The van der Waals surface area contributed by atoms with Gasteiger partial charge >= 0.3 is 5.97 Å². The maximum Gasteiger partial charge on any atom is 0.306 e. The Morgan fingerprint density at radius 3 is 2.17 bits per heavy atom. The monoisotopic (exact) mass is 334 g/mol. The summed E-state index contributed by atoms with van der Waals surface area (Å²) in [4.78, 5) is 60.9. The van der Waals surface area contributed by atoms with Crippen molar-refractivity contribution in [2.24, 2.45) is 11.8 Å². The Kier molecular flexibility index (Phi) is 4.21. The predicted octanol–water partition coefficient (Wildman–Crippen LogP) is 0.279. The van der Waals surface area contributed by atoms with Crippen LogP contribution in [0.3, 0.4) is 0 Å². The maximum atomic E-state index is 12.4. The molecule has 0 aromatic carbocycles. The maximum absolute atomic E-state index is 12.4. The lowest BCUT2D eigenvalue weighted by atomic mass is 9.82. The Bertz CT molecular complexity index is 643. The molecular weight excluding hydrogens is 316 g/mol. The van der Waals surface area contributed by atoms with Crippen molar-refractivity contribution in [2.75, 3.05) is 6.54 Å². The van der Waals surface area contributed by atoms with Crippen molar-refractivity contribution in [3.8, 4) is 0 Å². The van der Waals surface area contributed by atoms with Gasteiger partial charge in [-0.3, -0.25) is 28.9 Å². The molecule has 0 bridgehead atoms. The van der Waals surface area contributed by atoms with E-state index in [2.05, 4.69) is 0 Å². The Hall–Kier alpha value is -2.51. The normalized spacial score (nSPS) is 27.9. The highest BCUT2D eigenvalue weighted by Crippen LogP contribution is 2.31. The summed E-state index contributed by atoms with van der Waals surface area (Å²) in [5.41, 5.74) is -0.160. The first-order chi connectivity index (χ1) is 11.4. The van der Waals surface area contributed by atoms with Gasteiger partial charge in [0, 0.05) is 25.5 Å². The third kappa shape index (κ3) is 2.83. The number of carboxylic acid groups (broad SMARTS) is 1. The summed E-state index contributed by atoms with van der Waals surface area (Å²) < 4.78 is 0. The fraction of sp³-hybridized carbons (Fsp3) is 0.562. The van der Waals surface area contributed by atoms with Crippen molar-refractivity contribution in [1.82, 2.24) is 9.80 Å². The SMILES string of the molecule is O=C(O)C1CCC(CN2C(=O)C=C(N3C(=O)CCC3=O)C2=O)CC1. The zero-order valence-electron chi connectivity index (χ0n) is 13.1. The van der Waals surface area contributed by atoms with Gasteiger partial charge in [-0.15, -0.1) is 0 Å². The third-order valence-electron chi connectivity index (χ3n) is 4.92. The molecule has 0 unspecified atom stereocenters. The minimum atomic E-state index is -0.809. The molecular formula is C16H18N2O6. The molecule has 1 N–H and O–H groups in total. The highest BCUT2D eigenvalue weighted by Gasteiger charge is 2.42. The van der Waals surface area contributed by atoms with Crippen LogP contribution >= 0.6 is 0 Å². The van der Waals surface area contributed by atoms with Crippen molar-refractivity contribution in [3.05, 3.63) is 11.8 Å². The van der Waals surface area contributed by atoms with Gasteiger partial charge in [0.2, 0.25) is 11.8 Å². The van der Waals surface area contributed by atoms with Gasteiger partial charge in [0.25, 0.3) is 11.8 Å². The van der Waals surface area contributed by atoms with Crippen LogP contribution < -0.4 is 0 Å². The summed E-state index contributed by atoms with van der Waals surface area (Å²) in [5.74, 6) is -3.19. The Labute approximate surface area is 138 Å². The fourth-order valence-corrected chi connectivity index (χ4v) is 3.52. The molecule has 24 heavy (non-hydrogen) atoms. The van der Waals surface area contributed by atoms with Gasteiger partial charge in [-0.05, 0) is 31.6 Å². The van der Waals surface area contributed by atoms with E-state index in [0.717, 1.165) is 15.9 Å². The molecule has 0 aromatic rings. The lowest BCUT2D eigenvalue weighted by Crippen LogP contribution is -2.40. The van der Waals surface area contributed by atoms with Crippen molar-refractivity contribution in [1.29, 1.82) is 0 Å². The molecule has 0 atom stereocenters. The second-order valence-electron chi connectivity index (χ2n) is 6.46. The van der Waals surface area contributed by atoms with Crippen molar-refractivity contribution in [2.45, 2.75) is 38.5 Å². The molecule has 4 amide bonds. The summed E-state index contributed by atoms with van der Waals surface area (Å²) >= 11 is 0. The van der Waals surface area contributed by atoms with Crippen molar-refractivity contribution < 1.29 is 29.1 Å². The summed E-state index contributed by atoms with van der Waals surface area (Å²) in [6.07, 6.45) is 3.47. The molecule has 3 aliphatic rings. The van der Waals surface area contributed by atoms with E-state index in [0.29, 0.717) is 25.7 Å². The molecule has 1 aliphatic carbocycles. The first-order valence-electron chi connectivity index (χ1n) is 8.04. The predicted molar refractivity (Wildman–Crippen MR) is 79.0 cm³/mol. The van der Waals surface area contributed by atoms with E-state index in [-0.39, 0.29) is 36.9 Å². The van der Waals surface area contributed by atoms with E-state index in [1.165, 1.54) is 0 Å². The fourth-order valence-electron chi connectivity index (χ4n) is 3.52.